The number of ether oxygens (including phenoxy) is 1. The monoisotopic (exact) mass is 395 g/mol. The third-order valence-electron chi connectivity index (χ3n) is 5.29. The molecule has 0 radical (unpaired) electrons. The highest BCUT2D eigenvalue weighted by Gasteiger charge is 2.23. The van der Waals surface area contributed by atoms with E-state index in [1.165, 1.54) is 0 Å². The highest BCUT2D eigenvalue weighted by molar-refractivity contribution is 7.92. The smallest absolute Gasteiger partial charge is 0.262 e. The van der Waals surface area contributed by atoms with E-state index in [0.717, 1.165) is 33.6 Å². The molecule has 0 spiro atoms. The molecule has 3 aromatic carbocycles. The van der Waals surface area contributed by atoms with E-state index < -0.39 is 10.0 Å². The maximum atomic E-state index is 13.1. The van der Waals surface area contributed by atoms with Gasteiger partial charge in [-0.15, -0.1) is 0 Å². The van der Waals surface area contributed by atoms with Crippen molar-refractivity contribution in [2.75, 3.05) is 4.72 Å². The van der Waals surface area contributed by atoms with Crippen LogP contribution in [-0.4, -0.2) is 8.42 Å². The van der Waals surface area contributed by atoms with Crippen LogP contribution in [0.1, 0.15) is 27.8 Å². The van der Waals surface area contributed by atoms with Crippen molar-refractivity contribution >= 4 is 15.7 Å². The van der Waals surface area contributed by atoms with Gasteiger partial charge in [-0.2, -0.15) is 0 Å². The zero-order valence-electron chi connectivity index (χ0n) is 16.8. The maximum absolute atomic E-state index is 13.1. The van der Waals surface area contributed by atoms with E-state index in [4.69, 9.17) is 4.74 Å². The van der Waals surface area contributed by atoms with Gasteiger partial charge in [0.15, 0.2) is 0 Å². The third kappa shape index (κ3) is 3.90. The Morgan fingerprint density at radius 3 is 1.64 bits per heavy atom. The summed E-state index contributed by atoms with van der Waals surface area (Å²) < 4.78 is 34.6. The van der Waals surface area contributed by atoms with Crippen molar-refractivity contribution in [1.82, 2.24) is 0 Å². The molecule has 0 amide bonds. The molecule has 0 saturated carbocycles. The van der Waals surface area contributed by atoms with Crippen LogP contribution in [0.4, 0.5) is 5.69 Å². The molecule has 0 aromatic heterocycles. The van der Waals surface area contributed by atoms with Gasteiger partial charge < -0.3 is 4.74 Å². The van der Waals surface area contributed by atoms with E-state index in [-0.39, 0.29) is 0 Å². The van der Waals surface area contributed by atoms with Gasteiger partial charge >= 0.3 is 0 Å². The molecule has 146 valence electrons. The van der Waals surface area contributed by atoms with Crippen LogP contribution in [0.15, 0.2) is 59.5 Å². The second kappa shape index (κ2) is 7.68. The quantitative estimate of drug-likeness (QED) is 0.592. The summed E-state index contributed by atoms with van der Waals surface area (Å²) in [4.78, 5) is 0.359. The van der Waals surface area contributed by atoms with Crippen LogP contribution in [0.25, 0.3) is 0 Å². The Morgan fingerprint density at radius 1 is 0.643 bits per heavy atom. The molecule has 0 unspecified atom stereocenters. The molecule has 0 aliphatic carbocycles. The lowest BCUT2D eigenvalue weighted by Crippen LogP contribution is -2.17. The topological polar surface area (TPSA) is 55.4 Å². The Kier molecular flexibility index (Phi) is 5.47. The van der Waals surface area contributed by atoms with Gasteiger partial charge in [0.25, 0.3) is 10.0 Å². The molecule has 3 rings (SSSR count). The first-order chi connectivity index (χ1) is 13.2. The fourth-order valence-electron chi connectivity index (χ4n) is 3.29. The molecule has 0 heterocycles. The first kappa shape index (κ1) is 20.0. The molecule has 0 aliphatic rings. The van der Waals surface area contributed by atoms with Crippen LogP contribution in [0, 0.1) is 34.6 Å². The Labute approximate surface area is 167 Å². The highest BCUT2D eigenvalue weighted by atomic mass is 32.2. The van der Waals surface area contributed by atoms with Crippen LogP contribution in [0.5, 0.6) is 11.5 Å². The van der Waals surface area contributed by atoms with Crippen LogP contribution in [0.3, 0.4) is 0 Å². The van der Waals surface area contributed by atoms with Crippen LogP contribution >= 0.6 is 0 Å². The normalized spacial score (nSPS) is 11.3. The number of para-hydroxylation sites is 1. The van der Waals surface area contributed by atoms with Crippen molar-refractivity contribution in [3.8, 4) is 11.5 Å². The molecule has 0 atom stereocenters. The van der Waals surface area contributed by atoms with Gasteiger partial charge in [0.1, 0.15) is 11.5 Å². The number of rotatable bonds is 5. The van der Waals surface area contributed by atoms with E-state index in [1.54, 1.807) is 24.3 Å². The minimum absolute atomic E-state index is 0.359. The summed E-state index contributed by atoms with van der Waals surface area (Å²) in [6, 6.07) is 16.3. The van der Waals surface area contributed by atoms with Gasteiger partial charge in [-0.25, -0.2) is 8.42 Å². The summed E-state index contributed by atoms with van der Waals surface area (Å²) in [5.74, 6) is 1.37. The highest BCUT2D eigenvalue weighted by Crippen LogP contribution is 2.31. The number of hydrogen-bond acceptors (Lipinski definition) is 3. The predicted molar refractivity (Wildman–Crippen MR) is 114 cm³/mol. The number of sulfonamides is 1. The molecule has 28 heavy (non-hydrogen) atoms. The van der Waals surface area contributed by atoms with Gasteiger partial charge in [0, 0.05) is 5.69 Å². The minimum Gasteiger partial charge on any atom is -0.457 e. The summed E-state index contributed by atoms with van der Waals surface area (Å²) in [5.41, 5.74) is 5.23. The van der Waals surface area contributed by atoms with Crippen molar-refractivity contribution in [2.24, 2.45) is 0 Å². The second-order valence-corrected chi connectivity index (χ2v) is 8.62. The minimum atomic E-state index is -3.70. The van der Waals surface area contributed by atoms with E-state index in [1.807, 2.05) is 65.0 Å². The van der Waals surface area contributed by atoms with Gasteiger partial charge in [-0.3, -0.25) is 4.72 Å². The second-order valence-electron chi connectivity index (χ2n) is 7.00. The van der Waals surface area contributed by atoms with Crippen molar-refractivity contribution in [3.05, 3.63) is 82.4 Å². The van der Waals surface area contributed by atoms with Crippen LogP contribution in [-0.2, 0) is 10.0 Å². The summed E-state index contributed by atoms with van der Waals surface area (Å²) in [5, 5.41) is 0. The molecule has 0 saturated heterocycles. The molecule has 0 bridgehead atoms. The Hall–Kier alpha value is -2.79. The third-order valence-corrected chi connectivity index (χ3v) is 6.94. The van der Waals surface area contributed by atoms with Crippen LogP contribution < -0.4 is 9.46 Å². The fourth-order valence-corrected chi connectivity index (χ4v) is 4.95. The lowest BCUT2D eigenvalue weighted by atomic mass is 9.95. The molecule has 0 fully saturated rings. The van der Waals surface area contributed by atoms with Crippen molar-refractivity contribution in [3.63, 3.8) is 0 Å². The van der Waals surface area contributed by atoms with Gasteiger partial charge in [-0.1, -0.05) is 18.2 Å². The average Bonchev–Trinajstić information content (AvgIpc) is 2.67. The molecule has 5 heteroatoms. The van der Waals surface area contributed by atoms with Crippen molar-refractivity contribution in [2.45, 2.75) is 39.5 Å². The van der Waals surface area contributed by atoms with Crippen molar-refractivity contribution < 1.29 is 13.2 Å². The molecule has 3 aromatic rings. The maximum Gasteiger partial charge on any atom is 0.262 e. The zero-order chi connectivity index (χ0) is 20.5. The number of benzene rings is 3. The Morgan fingerprint density at radius 2 is 1.11 bits per heavy atom. The van der Waals surface area contributed by atoms with Gasteiger partial charge in [-0.05, 0) is 98.8 Å². The largest absolute Gasteiger partial charge is 0.457 e. The molecule has 1 N–H and O–H groups in total. The average molecular weight is 396 g/mol. The van der Waals surface area contributed by atoms with E-state index in [0.29, 0.717) is 16.3 Å². The van der Waals surface area contributed by atoms with Crippen molar-refractivity contribution in [1.29, 1.82) is 0 Å². The molecular weight excluding hydrogens is 370 g/mol. The number of nitrogens with one attached hydrogen (secondary N) is 1. The lowest BCUT2D eigenvalue weighted by Gasteiger charge is -2.19. The summed E-state index contributed by atoms with van der Waals surface area (Å²) in [6.07, 6.45) is 0. The van der Waals surface area contributed by atoms with E-state index >= 15 is 0 Å². The van der Waals surface area contributed by atoms with Gasteiger partial charge in [0.2, 0.25) is 0 Å². The molecular formula is C23H25NO3S. The zero-order valence-corrected chi connectivity index (χ0v) is 17.6. The lowest BCUT2D eigenvalue weighted by molar-refractivity contribution is 0.483. The fraction of sp³-hybridized carbons (Fsp3) is 0.217. The summed E-state index contributed by atoms with van der Waals surface area (Å²) >= 11 is 0. The standard InChI is InChI=1S/C23H25NO3S/c1-15-16(2)18(4)23(19(5)17(15)3)28(25,26)24-20-11-13-22(14-12-20)27-21-9-7-6-8-10-21/h6-14,24H,1-5H3. The number of anilines is 1. The first-order valence-corrected chi connectivity index (χ1v) is 10.6. The molecule has 4 nitrogen and oxygen atoms in total. The SMILES string of the molecule is Cc1c(C)c(C)c(S(=O)(=O)Nc2ccc(Oc3ccccc3)cc2)c(C)c1C. The summed E-state index contributed by atoms with van der Waals surface area (Å²) in [7, 11) is -3.70. The predicted octanol–water partition coefficient (Wildman–Crippen LogP) is 5.82. The van der Waals surface area contributed by atoms with E-state index in [2.05, 4.69) is 4.72 Å². The molecule has 0 aliphatic heterocycles. The Balaban J connectivity index is 1.87. The van der Waals surface area contributed by atoms with Crippen LogP contribution in [0.2, 0.25) is 0 Å². The summed E-state index contributed by atoms with van der Waals surface area (Å²) in [6.45, 7) is 9.68. The van der Waals surface area contributed by atoms with Gasteiger partial charge in [0.05, 0.1) is 4.90 Å². The first-order valence-electron chi connectivity index (χ1n) is 9.13. The Bertz CT molecular complexity index is 1070. The number of hydrogen-bond donors (Lipinski definition) is 1. The van der Waals surface area contributed by atoms with E-state index in [9.17, 15) is 8.42 Å².